The molecule has 4 heteroatoms. The van der Waals surface area contributed by atoms with Crippen LogP contribution in [0.4, 0.5) is 6.01 Å². The maximum atomic E-state index is 5.79. The third-order valence-electron chi connectivity index (χ3n) is 3.00. The van der Waals surface area contributed by atoms with Crippen molar-refractivity contribution in [1.29, 1.82) is 0 Å². The number of hydrogen-bond donors (Lipinski definition) is 1. The van der Waals surface area contributed by atoms with Crippen molar-refractivity contribution < 1.29 is 4.42 Å². The highest BCUT2D eigenvalue weighted by Gasteiger charge is 2.21. The van der Waals surface area contributed by atoms with Crippen LogP contribution in [0.3, 0.4) is 0 Å². The van der Waals surface area contributed by atoms with E-state index in [1.807, 2.05) is 6.92 Å². The zero-order chi connectivity index (χ0) is 10.8. The molecule has 0 aliphatic carbocycles. The van der Waals surface area contributed by atoms with Crippen LogP contribution >= 0.6 is 0 Å². The van der Waals surface area contributed by atoms with Crippen LogP contribution in [0, 0.1) is 6.92 Å². The summed E-state index contributed by atoms with van der Waals surface area (Å²) in [5, 5.41) is 0. The summed E-state index contributed by atoms with van der Waals surface area (Å²) in [6.45, 7) is 6.80. The van der Waals surface area contributed by atoms with E-state index >= 15 is 0 Å². The Morgan fingerprint density at radius 1 is 1.47 bits per heavy atom. The van der Waals surface area contributed by atoms with Gasteiger partial charge in [-0.3, -0.25) is 0 Å². The van der Waals surface area contributed by atoms with E-state index in [0.717, 1.165) is 30.6 Å². The lowest BCUT2D eigenvalue weighted by atomic mass is 10.1. The third-order valence-corrected chi connectivity index (χ3v) is 3.00. The largest absolute Gasteiger partial charge is 0.428 e. The van der Waals surface area contributed by atoms with Gasteiger partial charge in [-0.2, -0.15) is 4.98 Å². The lowest BCUT2D eigenvalue weighted by molar-refractivity contribution is 0.469. The summed E-state index contributed by atoms with van der Waals surface area (Å²) < 4.78 is 5.79. The summed E-state index contributed by atoms with van der Waals surface area (Å²) in [5.41, 5.74) is 6.62. The quantitative estimate of drug-likeness (QED) is 0.822. The van der Waals surface area contributed by atoms with Crippen LogP contribution < -0.4 is 10.6 Å². The Balaban J connectivity index is 2.20. The highest BCUT2D eigenvalue weighted by atomic mass is 16.4. The van der Waals surface area contributed by atoms with E-state index in [4.69, 9.17) is 10.2 Å². The standard InChI is InChI=1S/C11H19N3O/c1-8(7-12)10-9(2)13-11(15-10)14-5-3-4-6-14/h8H,3-7,12H2,1-2H3. The van der Waals surface area contributed by atoms with E-state index in [2.05, 4.69) is 16.8 Å². The van der Waals surface area contributed by atoms with E-state index in [0.29, 0.717) is 6.54 Å². The lowest BCUT2D eigenvalue weighted by Crippen LogP contribution is -2.17. The molecule has 4 nitrogen and oxygen atoms in total. The predicted octanol–water partition coefficient (Wildman–Crippen LogP) is 1.65. The Bertz CT molecular complexity index is 329. The number of nitrogens with zero attached hydrogens (tertiary/aromatic N) is 2. The molecule has 1 aliphatic rings. The fourth-order valence-electron chi connectivity index (χ4n) is 2.00. The maximum Gasteiger partial charge on any atom is 0.297 e. The van der Waals surface area contributed by atoms with Crippen molar-refractivity contribution in [1.82, 2.24) is 4.98 Å². The van der Waals surface area contributed by atoms with Gasteiger partial charge in [-0.05, 0) is 19.8 Å². The smallest absolute Gasteiger partial charge is 0.297 e. The number of rotatable bonds is 3. The fraction of sp³-hybridized carbons (Fsp3) is 0.727. The molecule has 84 valence electrons. The first-order chi connectivity index (χ1) is 7.22. The highest BCUT2D eigenvalue weighted by Crippen LogP contribution is 2.26. The van der Waals surface area contributed by atoms with Gasteiger partial charge in [0.15, 0.2) is 0 Å². The number of anilines is 1. The molecule has 2 heterocycles. The Hall–Kier alpha value is -1.03. The molecule has 0 bridgehead atoms. The van der Waals surface area contributed by atoms with Crippen LogP contribution in [-0.2, 0) is 0 Å². The molecule has 2 rings (SSSR count). The number of aryl methyl sites for hydroxylation is 1. The Kier molecular flexibility index (Phi) is 2.95. The van der Waals surface area contributed by atoms with Crippen LogP contribution in [0.5, 0.6) is 0 Å². The van der Waals surface area contributed by atoms with E-state index in [9.17, 15) is 0 Å². The summed E-state index contributed by atoms with van der Waals surface area (Å²) in [6.07, 6.45) is 2.48. The molecule has 0 amide bonds. The number of nitrogens with two attached hydrogens (primary N) is 1. The lowest BCUT2D eigenvalue weighted by Gasteiger charge is -2.11. The normalized spacial score (nSPS) is 18.5. The second-order valence-corrected chi connectivity index (χ2v) is 4.28. The summed E-state index contributed by atoms with van der Waals surface area (Å²) >= 11 is 0. The van der Waals surface area contributed by atoms with Crippen molar-refractivity contribution >= 4 is 6.01 Å². The van der Waals surface area contributed by atoms with Gasteiger partial charge < -0.3 is 15.1 Å². The molecule has 1 fully saturated rings. The fourth-order valence-corrected chi connectivity index (χ4v) is 2.00. The van der Waals surface area contributed by atoms with Gasteiger partial charge in [-0.1, -0.05) is 6.92 Å². The zero-order valence-corrected chi connectivity index (χ0v) is 9.49. The van der Waals surface area contributed by atoms with Crippen LogP contribution in [-0.4, -0.2) is 24.6 Å². The zero-order valence-electron chi connectivity index (χ0n) is 9.49. The van der Waals surface area contributed by atoms with E-state index in [-0.39, 0.29) is 5.92 Å². The van der Waals surface area contributed by atoms with Crippen molar-refractivity contribution in [2.24, 2.45) is 5.73 Å². The van der Waals surface area contributed by atoms with Crippen molar-refractivity contribution in [3.05, 3.63) is 11.5 Å². The topological polar surface area (TPSA) is 55.3 Å². The first-order valence-corrected chi connectivity index (χ1v) is 5.64. The monoisotopic (exact) mass is 209 g/mol. The third kappa shape index (κ3) is 2.00. The van der Waals surface area contributed by atoms with E-state index in [1.54, 1.807) is 0 Å². The van der Waals surface area contributed by atoms with Crippen LogP contribution in [0.2, 0.25) is 0 Å². The van der Waals surface area contributed by atoms with Gasteiger partial charge in [0.05, 0.1) is 5.69 Å². The molecule has 0 saturated carbocycles. The predicted molar refractivity (Wildman–Crippen MR) is 60.2 cm³/mol. The summed E-state index contributed by atoms with van der Waals surface area (Å²) in [5.74, 6) is 1.20. The molecular formula is C11H19N3O. The molecule has 0 aromatic carbocycles. The van der Waals surface area contributed by atoms with Gasteiger partial charge >= 0.3 is 0 Å². The Morgan fingerprint density at radius 2 is 2.13 bits per heavy atom. The number of hydrogen-bond acceptors (Lipinski definition) is 4. The molecule has 1 aliphatic heterocycles. The van der Waals surface area contributed by atoms with Gasteiger partial charge in [-0.25, -0.2) is 0 Å². The Labute approximate surface area is 90.5 Å². The van der Waals surface area contributed by atoms with Gasteiger partial charge in [0, 0.05) is 25.6 Å². The molecule has 1 unspecified atom stereocenters. The molecule has 0 radical (unpaired) electrons. The first-order valence-electron chi connectivity index (χ1n) is 5.64. The van der Waals surface area contributed by atoms with Crippen molar-refractivity contribution in [2.75, 3.05) is 24.5 Å². The van der Waals surface area contributed by atoms with Crippen LogP contribution in [0.25, 0.3) is 0 Å². The highest BCUT2D eigenvalue weighted by molar-refractivity contribution is 5.31. The molecule has 2 N–H and O–H groups in total. The maximum absolute atomic E-state index is 5.79. The van der Waals surface area contributed by atoms with Crippen molar-refractivity contribution in [3.63, 3.8) is 0 Å². The van der Waals surface area contributed by atoms with Gasteiger partial charge in [0.1, 0.15) is 5.76 Å². The first kappa shape index (κ1) is 10.5. The minimum Gasteiger partial charge on any atom is -0.428 e. The average molecular weight is 209 g/mol. The molecule has 1 aromatic heterocycles. The Morgan fingerprint density at radius 3 is 2.73 bits per heavy atom. The van der Waals surface area contributed by atoms with Gasteiger partial charge in [0.2, 0.25) is 0 Å². The molecule has 1 atom stereocenters. The average Bonchev–Trinajstić information content (AvgIpc) is 2.84. The van der Waals surface area contributed by atoms with E-state index < -0.39 is 0 Å². The molecular weight excluding hydrogens is 190 g/mol. The number of aromatic nitrogens is 1. The van der Waals surface area contributed by atoms with Crippen LogP contribution in [0.15, 0.2) is 4.42 Å². The molecule has 1 saturated heterocycles. The second kappa shape index (κ2) is 4.23. The SMILES string of the molecule is Cc1nc(N2CCCC2)oc1C(C)CN. The summed E-state index contributed by atoms with van der Waals surface area (Å²) in [4.78, 5) is 6.67. The summed E-state index contributed by atoms with van der Waals surface area (Å²) in [7, 11) is 0. The van der Waals surface area contributed by atoms with Crippen LogP contribution in [0.1, 0.15) is 37.1 Å². The molecule has 15 heavy (non-hydrogen) atoms. The van der Waals surface area contributed by atoms with Crippen molar-refractivity contribution in [2.45, 2.75) is 32.6 Å². The second-order valence-electron chi connectivity index (χ2n) is 4.28. The van der Waals surface area contributed by atoms with E-state index in [1.165, 1.54) is 12.8 Å². The molecule has 0 spiro atoms. The van der Waals surface area contributed by atoms with Gasteiger partial charge in [-0.15, -0.1) is 0 Å². The minimum atomic E-state index is 0.258. The summed E-state index contributed by atoms with van der Waals surface area (Å²) in [6, 6.07) is 0.778. The minimum absolute atomic E-state index is 0.258. The number of oxazole rings is 1. The van der Waals surface area contributed by atoms with Crippen molar-refractivity contribution in [3.8, 4) is 0 Å². The van der Waals surface area contributed by atoms with Gasteiger partial charge in [0.25, 0.3) is 6.01 Å². The molecule has 1 aromatic rings.